The van der Waals surface area contributed by atoms with Crippen LogP contribution in [0.4, 0.5) is 5.82 Å². The molecule has 2 aromatic rings. The number of nitrogens with two attached hydrogens (primary N) is 1. The molecule has 1 aromatic heterocycles. The lowest BCUT2D eigenvalue weighted by Gasteiger charge is -2.09. The van der Waals surface area contributed by atoms with E-state index in [2.05, 4.69) is 10.2 Å². The van der Waals surface area contributed by atoms with Crippen molar-refractivity contribution in [2.45, 2.75) is 0 Å². The first-order valence-corrected chi connectivity index (χ1v) is 5.01. The normalized spacial score (nSPS) is 10.1. The number of halogens is 1. The topological polar surface area (TPSA) is 61.0 Å². The van der Waals surface area contributed by atoms with Gasteiger partial charge in [0.25, 0.3) is 0 Å². The van der Waals surface area contributed by atoms with E-state index < -0.39 is 0 Å². The Kier molecular flexibility index (Phi) is 2.92. The van der Waals surface area contributed by atoms with Crippen molar-refractivity contribution in [1.82, 2.24) is 10.2 Å². The number of hydrogen-bond donors (Lipinski definition) is 1. The molecule has 0 aliphatic rings. The van der Waals surface area contributed by atoms with Gasteiger partial charge in [-0.05, 0) is 24.3 Å². The average molecular weight is 236 g/mol. The lowest BCUT2D eigenvalue weighted by atomic mass is 10.1. The number of hydrogen-bond acceptors (Lipinski definition) is 4. The Balaban J connectivity index is 2.63. The maximum absolute atomic E-state index is 5.94. The van der Waals surface area contributed by atoms with Crippen molar-refractivity contribution in [3.63, 3.8) is 0 Å². The van der Waals surface area contributed by atoms with Crippen LogP contribution >= 0.6 is 11.6 Å². The summed E-state index contributed by atoms with van der Waals surface area (Å²) < 4.78 is 5.25. The molecule has 16 heavy (non-hydrogen) atoms. The first-order chi connectivity index (χ1) is 7.72. The molecule has 82 valence electrons. The summed E-state index contributed by atoms with van der Waals surface area (Å²) in [6.07, 6.45) is 1.58. The SMILES string of the molecule is COc1ccc(Cl)cc1-c1ccnnc1N. The largest absolute Gasteiger partial charge is 0.496 e. The van der Waals surface area contributed by atoms with Gasteiger partial charge in [-0.2, -0.15) is 5.10 Å². The van der Waals surface area contributed by atoms with Crippen LogP contribution in [0, 0.1) is 0 Å². The molecular formula is C11H10ClN3O. The summed E-state index contributed by atoms with van der Waals surface area (Å²) >= 11 is 5.94. The lowest BCUT2D eigenvalue weighted by Crippen LogP contribution is -1.97. The predicted octanol–water partition coefficient (Wildman–Crippen LogP) is 2.39. The molecule has 4 nitrogen and oxygen atoms in total. The summed E-state index contributed by atoms with van der Waals surface area (Å²) in [5.74, 6) is 1.05. The van der Waals surface area contributed by atoms with Crippen LogP contribution in [0.1, 0.15) is 0 Å². The number of ether oxygens (including phenoxy) is 1. The van der Waals surface area contributed by atoms with Gasteiger partial charge in [0, 0.05) is 16.1 Å². The fourth-order valence-electron chi connectivity index (χ4n) is 1.46. The zero-order valence-corrected chi connectivity index (χ0v) is 9.40. The number of rotatable bonds is 2. The van der Waals surface area contributed by atoms with Gasteiger partial charge in [0.05, 0.1) is 13.3 Å². The second kappa shape index (κ2) is 4.37. The van der Waals surface area contributed by atoms with Gasteiger partial charge in [-0.25, -0.2) is 0 Å². The van der Waals surface area contributed by atoms with E-state index in [1.165, 1.54) is 0 Å². The number of aromatic nitrogens is 2. The van der Waals surface area contributed by atoms with Crippen LogP contribution in [0.3, 0.4) is 0 Å². The molecule has 0 bridgehead atoms. The van der Waals surface area contributed by atoms with Crippen molar-refractivity contribution >= 4 is 17.4 Å². The summed E-state index contributed by atoms with van der Waals surface area (Å²) in [5.41, 5.74) is 7.32. The Hall–Kier alpha value is -1.81. The third kappa shape index (κ3) is 1.92. The quantitative estimate of drug-likeness (QED) is 0.868. The van der Waals surface area contributed by atoms with E-state index in [4.69, 9.17) is 22.1 Å². The Morgan fingerprint density at radius 1 is 1.25 bits per heavy atom. The van der Waals surface area contributed by atoms with Crippen molar-refractivity contribution in [2.24, 2.45) is 0 Å². The first-order valence-electron chi connectivity index (χ1n) is 4.63. The van der Waals surface area contributed by atoms with E-state index in [0.29, 0.717) is 16.6 Å². The minimum atomic E-state index is 0.350. The first kappa shape index (κ1) is 10.7. The van der Waals surface area contributed by atoms with Gasteiger partial charge in [0.15, 0.2) is 5.82 Å². The Labute approximate surface area is 98.0 Å². The van der Waals surface area contributed by atoms with Gasteiger partial charge in [0.1, 0.15) is 5.75 Å². The number of nitrogen functional groups attached to an aromatic ring is 1. The molecule has 0 unspecified atom stereocenters. The number of methoxy groups -OCH3 is 1. The van der Waals surface area contributed by atoms with Crippen LogP contribution in [0.2, 0.25) is 5.02 Å². The van der Waals surface area contributed by atoms with E-state index in [0.717, 1.165) is 11.1 Å². The third-order valence-corrected chi connectivity index (χ3v) is 2.44. The van der Waals surface area contributed by atoms with Crippen molar-refractivity contribution in [3.8, 4) is 16.9 Å². The van der Waals surface area contributed by atoms with Crippen LogP contribution in [0.25, 0.3) is 11.1 Å². The van der Waals surface area contributed by atoms with Crippen molar-refractivity contribution in [3.05, 3.63) is 35.5 Å². The summed E-state index contributed by atoms with van der Waals surface area (Å²) in [6, 6.07) is 7.11. The molecule has 5 heteroatoms. The molecule has 2 N–H and O–H groups in total. The summed E-state index contributed by atoms with van der Waals surface area (Å²) in [4.78, 5) is 0. The fraction of sp³-hybridized carbons (Fsp3) is 0.0909. The smallest absolute Gasteiger partial charge is 0.154 e. The molecule has 0 atom stereocenters. The maximum atomic E-state index is 5.94. The van der Waals surface area contributed by atoms with Gasteiger partial charge >= 0.3 is 0 Å². The van der Waals surface area contributed by atoms with E-state index in [-0.39, 0.29) is 0 Å². The molecule has 0 amide bonds. The van der Waals surface area contributed by atoms with Gasteiger partial charge in [-0.1, -0.05) is 11.6 Å². The molecule has 0 spiro atoms. The molecule has 0 fully saturated rings. The van der Waals surface area contributed by atoms with Crippen molar-refractivity contribution in [2.75, 3.05) is 12.8 Å². The molecule has 1 heterocycles. The Morgan fingerprint density at radius 2 is 2.06 bits per heavy atom. The molecule has 0 saturated carbocycles. The van der Waals surface area contributed by atoms with Crippen LogP contribution in [0.5, 0.6) is 5.75 Å². The molecule has 0 radical (unpaired) electrons. The zero-order chi connectivity index (χ0) is 11.5. The Morgan fingerprint density at radius 3 is 2.75 bits per heavy atom. The number of benzene rings is 1. The van der Waals surface area contributed by atoms with E-state index >= 15 is 0 Å². The van der Waals surface area contributed by atoms with Crippen LogP contribution in [-0.2, 0) is 0 Å². The van der Waals surface area contributed by atoms with E-state index in [1.807, 2.05) is 0 Å². The molecule has 1 aromatic carbocycles. The van der Waals surface area contributed by atoms with Crippen molar-refractivity contribution in [1.29, 1.82) is 0 Å². The second-order valence-corrected chi connectivity index (χ2v) is 3.61. The van der Waals surface area contributed by atoms with Gasteiger partial charge in [-0.3, -0.25) is 0 Å². The number of nitrogens with zero attached hydrogens (tertiary/aromatic N) is 2. The molecule has 2 rings (SSSR count). The van der Waals surface area contributed by atoms with Crippen LogP contribution in [-0.4, -0.2) is 17.3 Å². The number of anilines is 1. The van der Waals surface area contributed by atoms with Gasteiger partial charge in [0.2, 0.25) is 0 Å². The minimum Gasteiger partial charge on any atom is -0.496 e. The van der Waals surface area contributed by atoms with Gasteiger partial charge < -0.3 is 10.5 Å². The maximum Gasteiger partial charge on any atom is 0.154 e. The standard InChI is InChI=1S/C11H10ClN3O/c1-16-10-3-2-7(12)6-9(10)8-4-5-14-15-11(8)13/h2-6H,1H3,(H2,13,15). The summed E-state index contributed by atoms with van der Waals surface area (Å²) in [5, 5.41) is 8.11. The van der Waals surface area contributed by atoms with E-state index in [9.17, 15) is 0 Å². The molecule has 0 saturated heterocycles. The van der Waals surface area contributed by atoms with Crippen LogP contribution in [0.15, 0.2) is 30.5 Å². The average Bonchev–Trinajstić information content (AvgIpc) is 2.29. The highest BCUT2D eigenvalue weighted by molar-refractivity contribution is 6.31. The highest BCUT2D eigenvalue weighted by Crippen LogP contribution is 2.34. The third-order valence-electron chi connectivity index (χ3n) is 2.20. The predicted molar refractivity (Wildman–Crippen MR) is 63.4 cm³/mol. The van der Waals surface area contributed by atoms with Crippen molar-refractivity contribution < 1.29 is 4.74 Å². The van der Waals surface area contributed by atoms with E-state index in [1.54, 1.807) is 37.6 Å². The molecule has 0 aliphatic carbocycles. The summed E-state index contributed by atoms with van der Waals surface area (Å²) in [6.45, 7) is 0. The summed E-state index contributed by atoms with van der Waals surface area (Å²) in [7, 11) is 1.59. The zero-order valence-electron chi connectivity index (χ0n) is 8.64. The monoisotopic (exact) mass is 235 g/mol. The van der Waals surface area contributed by atoms with Crippen LogP contribution < -0.4 is 10.5 Å². The lowest BCUT2D eigenvalue weighted by molar-refractivity contribution is 0.416. The second-order valence-electron chi connectivity index (χ2n) is 3.17. The highest BCUT2D eigenvalue weighted by Gasteiger charge is 2.10. The molecular weight excluding hydrogens is 226 g/mol. The minimum absolute atomic E-state index is 0.350. The van der Waals surface area contributed by atoms with Gasteiger partial charge in [-0.15, -0.1) is 5.10 Å². The fourth-order valence-corrected chi connectivity index (χ4v) is 1.63. The molecule has 0 aliphatic heterocycles. The Bertz CT molecular complexity index is 516. The highest BCUT2D eigenvalue weighted by atomic mass is 35.5.